The molecule has 0 unspecified atom stereocenters. The average Bonchev–Trinajstić information content (AvgIpc) is 3.14. The summed E-state index contributed by atoms with van der Waals surface area (Å²) in [5.41, 5.74) is 2.54. The molecule has 0 bridgehead atoms. The van der Waals surface area contributed by atoms with Crippen LogP contribution in [-0.2, 0) is 16.1 Å². The lowest BCUT2D eigenvalue weighted by molar-refractivity contribution is -0.112. The van der Waals surface area contributed by atoms with Crippen LogP contribution in [0.25, 0.3) is 6.08 Å². The highest BCUT2D eigenvalue weighted by atomic mass is 127. The van der Waals surface area contributed by atoms with Gasteiger partial charge < -0.3 is 19.5 Å². The molecule has 0 spiro atoms. The van der Waals surface area contributed by atoms with Crippen molar-refractivity contribution < 1.29 is 23.8 Å². The summed E-state index contributed by atoms with van der Waals surface area (Å²) >= 11 is 3.40. The number of aryl methyl sites for hydroxylation is 1. The minimum atomic E-state index is -0.623. The van der Waals surface area contributed by atoms with Crippen LogP contribution in [0.2, 0.25) is 0 Å². The van der Waals surface area contributed by atoms with Crippen LogP contribution in [0.4, 0.5) is 5.00 Å². The van der Waals surface area contributed by atoms with E-state index in [1.807, 2.05) is 43.3 Å². The fraction of sp³-hybridized carbons (Fsp3) is 0.222. The van der Waals surface area contributed by atoms with Gasteiger partial charge in [0.25, 0.3) is 5.91 Å². The number of amides is 1. The average molecular weight is 616 g/mol. The highest BCUT2D eigenvalue weighted by molar-refractivity contribution is 14.1. The van der Waals surface area contributed by atoms with Crippen molar-refractivity contribution in [3.05, 3.63) is 78.7 Å². The minimum Gasteiger partial charge on any atom is -0.493 e. The summed E-state index contributed by atoms with van der Waals surface area (Å²) in [6, 6.07) is 15.2. The number of nitrogens with one attached hydrogen (secondary N) is 1. The Labute approximate surface area is 227 Å². The summed E-state index contributed by atoms with van der Waals surface area (Å²) in [5, 5.41) is 12.8. The zero-order valence-electron chi connectivity index (χ0n) is 20.3. The van der Waals surface area contributed by atoms with Gasteiger partial charge in [-0.1, -0.05) is 30.3 Å². The number of thiophene rings is 1. The maximum Gasteiger partial charge on any atom is 0.341 e. The zero-order valence-corrected chi connectivity index (χ0v) is 23.3. The first kappa shape index (κ1) is 27.2. The third-order valence-corrected chi connectivity index (χ3v) is 7.17. The first-order valence-electron chi connectivity index (χ1n) is 11.0. The van der Waals surface area contributed by atoms with Crippen molar-refractivity contribution in [2.75, 3.05) is 19.0 Å². The van der Waals surface area contributed by atoms with Crippen molar-refractivity contribution in [2.24, 2.45) is 0 Å². The molecule has 0 saturated carbocycles. The molecule has 1 heterocycles. The molecule has 3 rings (SSSR count). The fourth-order valence-electron chi connectivity index (χ4n) is 3.34. The lowest BCUT2D eigenvalue weighted by Gasteiger charge is -2.14. The monoisotopic (exact) mass is 616 g/mol. The molecular weight excluding hydrogens is 591 g/mol. The number of ether oxygens (including phenoxy) is 3. The zero-order chi connectivity index (χ0) is 26.2. The Morgan fingerprint density at radius 3 is 2.56 bits per heavy atom. The maximum absolute atomic E-state index is 13.0. The van der Waals surface area contributed by atoms with Crippen LogP contribution in [0.3, 0.4) is 0 Å². The Morgan fingerprint density at radius 2 is 1.92 bits per heavy atom. The van der Waals surface area contributed by atoms with E-state index in [9.17, 15) is 14.9 Å². The smallest absolute Gasteiger partial charge is 0.341 e. The van der Waals surface area contributed by atoms with E-state index in [1.54, 1.807) is 26.0 Å². The second-order valence-electron chi connectivity index (χ2n) is 7.64. The van der Waals surface area contributed by atoms with Crippen LogP contribution in [0.15, 0.2) is 48.0 Å². The molecular formula is C27H25IN2O5S. The lowest BCUT2D eigenvalue weighted by Crippen LogP contribution is -2.16. The second kappa shape index (κ2) is 12.6. The van der Waals surface area contributed by atoms with Crippen molar-refractivity contribution >= 4 is 56.9 Å². The van der Waals surface area contributed by atoms with Crippen LogP contribution in [0.1, 0.15) is 38.8 Å². The summed E-state index contributed by atoms with van der Waals surface area (Å²) in [4.78, 5) is 26.3. The van der Waals surface area contributed by atoms with E-state index >= 15 is 0 Å². The highest BCUT2D eigenvalue weighted by Gasteiger charge is 2.23. The molecule has 1 N–H and O–H groups in total. The highest BCUT2D eigenvalue weighted by Crippen LogP contribution is 2.36. The molecule has 9 heteroatoms. The van der Waals surface area contributed by atoms with Crippen molar-refractivity contribution in [3.63, 3.8) is 0 Å². The predicted octanol–water partition coefficient (Wildman–Crippen LogP) is 6.28. The largest absolute Gasteiger partial charge is 0.493 e. The van der Waals surface area contributed by atoms with Crippen molar-refractivity contribution in [1.29, 1.82) is 5.26 Å². The molecule has 0 radical (unpaired) electrons. The minimum absolute atomic E-state index is 0.121. The molecule has 36 heavy (non-hydrogen) atoms. The van der Waals surface area contributed by atoms with Gasteiger partial charge in [-0.3, -0.25) is 4.79 Å². The van der Waals surface area contributed by atoms with E-state index in [0.717, 1.165) is 19.6 Å². The van der Waals surface area contributed by atoms with Gasteiger partial charge in [0.05, 0.1) is 22.9 Å². The third-order valence-electron chi connectivity index (χ3n) is 5.25. The van der Waals surface area contributed by atoms with E-state index in [0.29, 0.717) is 34.2 Å². The van der Waals surface area contributed by atoms with E-state index in [2.05, 4.69) is 27.9 Å². The van der Waals surface area contributed by atoms with Gasteiger partial charge in [-0.05, 0) is 78.3 Å². The van der Waals surface area contributed by atoms with Crippen molar-refractivity contribution in [1.82, 2.24) is 0 Å². The summed E-state index contributed by atoms with van der Waals surface area (Å²) < 4.78 is 17.4. The van der Waals surface area contributed by atoms with Gasteiger partial charge in [-0.2, -0.15) is 5.26 Å². The number of nitriles is 1. The van der Waals surface area contributed by atoms with Crippen molar-refractivity contribution in [3.8, 4) is 17.6 Å². The number of anilines is 1. The van der Waals surface area contributed by atoms with Crippen LogP contribution in [0, 0.1) is 28.7 Å². The molecule has 7 nitrogen and oxygen atoms in total. The van der Waals surface area contributed by atoms with Gasteiger partial charge in [-0.25, -0.2) is 4.79 Å². The number of halogens is 1. The quantitative estimate of drug-likeness (QED) is 0.132. The number of carbonyl (C=O) groups is 2. The normalized spacial score (nSPS) is 10.9. The Bertz CT molecular complexity index is 1340. The van der Waals surface area contributed by atoms with Crippen LogP contribution in [0.5, 0.6) is 11.5 Å². The van der Waals surface area contributed by atoms with Gasteiger partial charge in [0.15, 0.2) is 11.5 Å². The number of hydrogen-bond donors (Lipinski definition) is 1. The molecule has 0 atom stereocenters. The molecule has 1 amide bonds. The fourth-order valence-corrected chi connectivity index (χ4v) is 5.17. The summed E-state index contributed by atoms with van der Waals surface area (Å²) in [6.45, 7) is 5.96. The van der Waals surface area contributed by atoms with E-state index < -0.39 is 11.9 Å². The number of carbonyl (C=O) groups excluding carboxylic acids is 2. The first-order valence-corrected chi connectivity index (χ1v) is 12.9. The Hall–Kier alpha value is -3.36. The van der Waals surface area contributed by atoms with E-state index in [4.69, 9.17) is 14.2 Å². The second-order valence-corrected chi connectivity index (χ2v) is 10.0. The summed E-state index contributed by atoms with van der Waals surface area (Å²) in [6.07, 6.45) is 1.47. The standard InChI is InChI=1S/C27H25IN2O5S/c1-5-34-27(32)23-16(2)17(3)36-26(23)30-25(31)20(14-29)11-19-12-21(28)24(22(13-19)33-4)35-15-18-9-7-6-8-10-18/h6-13H,5,15H2,1-4H3,(H,30,31). The van der Waals surface area contributed by atoms with Gasteiger partial charge in [0.2, 0.25) is 0 Å². The van der Waals surface area contributed by atoms with Crippen LogP contribution >= 0.6 is 33.9 Å². The van der Waals surface area contributed by atoms with Gasteiger partial charge in [0, 0.05) is 4.88 Å². The number of esters is 1. The first-order chi connectivity index (χ1) is 17.3. The molecule has 0 saturated heterocycles. The van der Waals surface area contributed by atoms with Gasteiger partial charge >= 0.3 is 5.97 Å². The van der Waals surface area contributed by atoms with Crippen LogP contribution < -0.4 is 14.8 Å². The van der Waals surface area contributed by atoms with Gasteiger partial charge in [-0.15, -0.1) is 11.3 Å². The molecule has 2 aromatic carbocycles. The molecule has 0 aliphatic heterocycles. The molecule has 0 aliphatic carbocycles. The van der Waals surface area contributed by atoms with E-state index in [-0.39, 0.29) is 12.2 Å². The number of nitrogens with zero attached hydrogens (tertiary/aromatic N) is 1. The number of benzene rings is 2. The topological polar surface area (TPSA) is 97.7 Å². The molecule has 3 aromatic rings. The third kappa shape index (κ3) is 6.44. The molecule has 186 valence electrons. The van der Waals surface area contributed by atoms with Crippen molar-refractivity contribution in [2.45, 2.75) is 27.4 Å². The van der Waals surface area contributed by atoms with Gasteiger partial charge in [0.1, 0.15) is 23.3 Å². The number of rotatable bonds is 9. The Kier molecular flexibility index (Phi) is 9.50. The predicted molar refractivity (Wildman–Crippen MR) is 148 cm³/mol. The Morgan fingerprint density at radius 1 is 1.19 bits per heavy atom. The maximum atomic E-state index is 13.0. The summed E-state index contributed by atoms with van der Waals surface area (Å²) in [7, 11) is 1.53. The van der Waals surface area contributed by atoms with E-state index in [1.165, 1.54) is 24.5 Å². The number of hydrogen-bond acceptors (Lipinski definition) is 7. The molecule has 0 aliphatic rings. The van der Waals surface area contributed by atoms with Crippen LogP contribution in [-0.4, -0.2) is 25.6 Å². The lowest BCUT2D eigenvalue weighted by atomic mass is 10.1. The summed E-state index contributed by atoms with van der Waals surface area (Å²) in [5.74, 6) is -0.0771. The molecule has 0 fully saturated rings. The number of methoxy groups -OCH3 is 1. The molecule has 1 aromatic heterocycles. The Balaban J connectivity index is 1.86. The SMILES string of the molecule is CCOC(=O)c1c(NC(=O)C(C#N)=Cc2cc(I)c(OCc3ccccc3)c(OC)c2)sc(C)c1C.